The van der Waals surface area contributed by atoms with Crippen molar-refractivity contribution in [1.82, 2.24) is 5.32 Å². The van der Waals surface area contributed by atoms with Gasteiger partial charge in [-0.2, -0.15) is 0 Å². The van der Waals surface area contributed by atoms with Crippen LogP contribution in [0.1, 0.15) is 0 Å². The van der Waals surface area contributed by atoms with E-state index in [0.717, 1.165) is 17.2 Å². The van der Waals surface area contributed by atoms with Crippen LogP contribution in [0.15, 0.2) is 29.2 Å². The zero-order valence-electron chi connectivity index (χ0n) is 8.64. The summed E-state index contributed by atoms with van der Waals surface area (Å²) in [5, 5.41) is 13.1. The average Bonchev–Trinajstić information content (AvgIpc) is 2.65. The molecule has 1 saturated heterocycles. The van der Waals surface area contributed by atoms with Gasteiger partial charge < -0.3 is 15.2 Å². The van der Waals surface area contributed by atoms with Crippen molar-refractivity contribution in [1.29, 1.82) is 0 Å². The molecule has 0 bridgehead atoms. The van der Waals surface area contributed by atoms with Crippen LogP contribution in [0.4, 0.5) is 0 Å². The fourth-order valence-corrected chi connectivity index (χ4v) is 2.85. The number of rotatable bonds is 3. The Labute approximate surface area is 93.8 Å². The van der Waals surface area contributed by atoms with Crippen LogP contribution in [0.5, 0.6) is 5.75 Å². The number of aliphatic hydroxyl groups excluding tert-OH is 1. The van der Waals surface area contributed by atoms with Gasteiger partial charge in [0, 0.05) is 23.2 Å². The maximum Gasteiger partial charge on any atom is 0.132 e. The van der Waals surface area contributed by atoms with Crippen molar-refractivity contribution in [2.24, 2.45) is 0 Å². The van der Waals surface area contributed by atoms with Gasteiger partial charge >= 0.3 is 0 Å². The molecule has 4 heteroatoms. The highest BCUT2D eigenvalue weighted by molar-refractivity contribution is 8.00. The maximum atomic E-state index is 9.69. The van der Waals surface area contributed by atoms with Gasteiger partial charge in [-0.1, -0.05) is 12.1 Å². The zero-order chi connectivity index (χ0) is 10.7. The molecule has 1 aliphatic rings. The van der Waals surface area contributed by atoms with Crippen LogP contribution in [-0.4, -0.2) is 36.7 Å². The first-order valence-electron chi connectivity index (χ1n) is 4.99. The minimum absolute atomic E-state index is 0.223. The smallest absolute Gasteiger partial charge is 0.132 e. The van der Waals surface area contributed by atoms with Crippen LogP contribution in [0.3, 0.4) is 0 Å². The lowest BCUT2D eigenvalue weighted by atomic mass is 10.3. The number of thioether (sulfide) groups is 1. The summed E-state index contributed by atoms with van der Waals surface area (Å²) in [6.07, 6.45) is -0.264. The van der Waals surface area contributed by atoms with Crippen LogP contribution in [0.2, 0.25) is 0 Å². The molecule has 2 rings (SSSR count). The highest BCUT2D eigenvalue weighted by atomic mass is 32.2. The van der Waals surface area contributed by atoms with Gasteiger partial charge in [-0.15, -0.1) is 11.8 Å². The van der Waals surface area contributed by atoms with Crippen molar-refractivity contribution in [2.75, 3.05) is 20.2 Å². The lowest BCUT2D eigenvalue weighted by molar-refractivity contribution is 0.201. The summed E-state index contributed by atoms with van der Waals surface area (Å²) < 4.78 is 5.27. The molecule has 0 spiro atoms. The van der Waals surface area contributed by atoms with Crippen LogP contribution < -0.4 is 10.1 Å². The highest BCUT2D eigenvalue weighted by Gasteiger charge is 2.26. The highest BCUT2D eigenvalue weighted by Crippen LogP contribution is 2.33. The largest absolute Gasteiger partial charge is 0.496 e. The molecule has 0 saturated carbocycles. The first-order chi connectivity index (χ1) is 7.31. The van der Waals surface area contributed by atoms with E-state index in [9.17, 15) is 5.11 Å². The van der Waals surface area contributed by atoms with Gasteiger partial charge in [-0.05, 0) is 12.1 Å². The number of nitrogens with one attached hydrogen (secondary N) is 1. The molecule has 0 amide bonds. The van der Waals surface area contributed by atoms with Crippen LogP contribution >= 0.6 is 11.8 Å². The topological polar surface area (TPSA) is 41.5 Å². The first-order valence-corrected chi connectivity index (χ1v) is 5.87. The van der Waals surface area contributed by atoms with Gasteiger partial charge in [0.2, 0.25) is 0 Å². The second kappa shape index (κ2) is 4.88. The molecule has 82 valence electrons. The number of aliphatic hydroxyl groups is 1. The zero-order valence-corrected chi connectivity index (χ0v) is 9.46. The Morgan fingerprint density at radius 3 is 2.87 bits per heavy atom. The number of ether oxygens (including phenoxy) is 1. The summed E-state index contributed by atoms with van der Waals surface area (Å²) in [7, 11) is 1.67. The Kier molecular flexibility index (Phi) is 3.51. The summed E-state index contributed by atoms with van der Waals surface area (Å²) in [5.74, 6) is 0.876. The molecular weight excluding hydrogens is 210 g/mol. The van der Waals surface area contributed by atoms with Crippen LogP contribution in [0, 0.1) is 0 Å². The number of hydrogen-bond acceptors (Lipinski definition) is 4. The second-order valence-corrected chi connectivity index (χ2v) is 4.81. The van der Waals surface area contributed by atoms with Gasteiger partial charge in [0.25, 0.3) is 0 Å². The Balaban J connectivity index is 2.09. The summed E-state index contributed by atoms with van der Waals surface area (Å²) in [6.45, 7) is 1.54. The molecule has 15 heavy (non-hydrogen) atoms. The van der Waals surface area contributed by atoms with Crippen molar-refractivity contribution in [3.8, 4) is 5.75 Å². The summed E-state index contributed by atoms with van der Waals surface area (Å²) in [6, 6.07) is 7.90. The second-order valence-electron chi connectivity index (χ2n) is 3.53. The fraction of sp³-hybridized carbons (Fsp3) is 0.455. The predicted molar refractivity (Wildman–Crippen MR) is 61.5 cm³/mol. The SMILES string of the molecule is COc1ccccc1SC1CNCC1O. The van der Waals surface area contributed by atoms with E-state index in [2.05, 4.69) is 5.32 Å². The molecule has 1 fully saturated rings. The molecule has 1 heterocycles. The van der Waals surface area contributed by atoms with E-state index in [4.69, 9.17) is 4.74 Å². The molecule has 1 aromatic carbocycles. The summed E-state index contributed by atoms with van der Waals surface area (Å²) in [5.41, 5.74) is 0. The quantitative estimate of drug-likeness (QED) is 0.809. The minimum Gasteiger partial charge on any atom is -0.496 e. The van der Waals surface area contributed by atoms with E-state index in [1.807, 2.05) is 24.3 Å². The third kappa shape index (κ3) is 2.45. The Hall–Kier alpha value is -0.710. The van der Waals surface area contributed by atoms with Gasteiger partial charge in [-0.3, -0.25) is 0 Å². The number of hydrogen-bond donors (Lipinski definition) is 2. The van der Waals surface area contributed by atoms with Gasteiger partial charge in [0.1, 0.15) is 5.75 Å². The Morgan fingerprint density at radius 1 is 1.40 bits per heavy atom. The molecule has 0 radical (unpaired) electrons. The molecule has 2 N–H and O–H groups in total. The predicted octanol–water partition coefficient (Wildman–Crippen LogP) is 1.12. The van der Waals surface area contributed by atoms with Crippen LogP contribution in [0.25, 0.3) is 0 Å². The lowest BCUT2D eigenvalue weighted by Gasteiger charge is -2.14. The standard InChI is InChI=1S/C11H15NO2S/c1-14-9-4-2-3-5-10(9)15-11-7-12-6-8(11)13/h2-5,8,11-13H,6-7H2,1H3. The lowest BCUT2D eigenvalue weighted by Crippen LogP contribution is -2.19. The molecule has 1 aromatic rings. The van der Waals surface area contributed by atoms with Crippen molar-refractivity contribution in [3.63, 3.8) is 0 Å². The molecule has 1 aliphatic heterocycles. The number of methoxy groups -OCH3 is 1. The molecule has 3 nitrogen and oxygen atoms in total. The van der Waals surface area contributed by atoms with Crippen molar-refractivity contribution < 1.29 is 9.84 Å². The van der Waals surface area contributed by atoms with E-state index >= 15 is 0 Å². The van der Waals surface area contributed by atoms with E-state index < -0.39 is 0 Å². The average molecular weight is 225 g/mol. The van der Waals surface area contributed by atoms with Crippen molar-refractivity contribution in [2.45, 2.75) is 16.2 Å². The number of β-amino-alcohol motifs (C(OH)–C–C–N with tert-alkyl or cyclic N) is 1. The van der Waals surface area contributed by atoms with Crippen molar-refractivity contribution in [3.05, 3.63) is 24.3 Å². The normalized spacial score (nSPS) is 25.5. The number of para-hydroxylation sites is 1. The van der Waals surface area contributed by atoms with E-state index in [0.29, 0.717) is 6.54 Å². The third-order valence-electron chi connectivity index (χ3n) is 2.48. The maximum absolute atomic E-state index is 9.69. The van der Waals surface area contributed by atoms with E-state index in [1.54, 1.807) is 18.9 Å². The first kappa shape index (κ1) is 10.8. The van der Waals surface area contributed by atoms with E-state index in [1.165, 1.54) is 0 Å². The minimum atomic E-state index is -0.264. The van der Waals surface area contributed by atoms with Crippen LogP contribution in [-0.2, 0) is 0 Å². The summed E-state index contributed by atoms with van der Waals surface area (Å²) in [4.78, 5) is 1.09. The number of benzene rings is 1. The Morgan fingerprint density at radius 2 is 2.20 bits per heavy atom. The monoisotopic (exact) mass is 225 g/mol. The summed E-state index contributed by atoms with van der Waals surface area (Å²) >= 11 is 1.67. The van der Waals surface area contributed by atoms with E-state index in [-0.39, 0.29) is 11.4 Å². The van der Waals surface area contributed by atoms with Gasteiger partial charge in [0.05, 0.1) is 13.2 Å². The van der Waals surface area contributed by atoms with Gasteiger partial charge in [-0.25, -0.2) is 0 Å². The fourth-order valence-electron chi connectivity index (χ4n) is 1.64. The Bertz CT molecular complexity index is 332. The third-order valence-corrected chi connectivity index (χ3v) is 3.85. The molecule has 2 unspecified atom stereocenters. The van der Waals surface area contributed by atoms with Crippen molar-refractivity contribution >= 4 is 11.8 Å². The molecule has 0 aliphatic carbocycles. The molecule has 2 atom stereocenters. The van der Waals surface area contributed by atoms with Gasteiger partial charge in [0.15, 0.2) is 0 Å². The molecular formula is C11H15NO2S. The molecule has 0 aromatic heterocycles.